The fourth-order valence-electron chi connectivity index (χ4n) is 2.41. The lowest BCUT2D eigenvalue weighted by atomic mass is 9.93. The number of piperidine rings is 1. The van der Waals surface area contributed by atoms with Gasteiger partial charge in [0.25, 0.3) is 5.92 Å². The van der Waals surface area contributed by atoms with Crippen LogP contribution < -0.4 is 5.32 Å². The van der Waals surface area contributed by atoms with Gasteiger partial charge < -0.3 is 5.32 Å². The summed E-state index contributed by atoms with van der Waals surface area (Å²) in [4.78, 5) is 0. The van der Waals surface area contributed by atoms with Crippen molar-refractivity contribution in [3.05, 3.63) is 35.4 Å². The molecule has 1 aromatic rings. The van der Waals surface area contributed by atoms with Crippen molar-refractivity contribution in [1.29, 1.82) is 0 Å². The van der Waals surface area contributed by atoms with Crippen molar-refractivity contribution in [2.45, 2.75) is 45.1 Å². The largest absolute Gasteiger partial charge is 0.310 e. The van der Waals surface area contributed by atoms with E-state index in [4.69, 9.17) is 0 Å². The fraction of sp³-hybridized carbons (Fsp3) is 0.600. The van der Waals surface area contributed by atoms with E-state index in [9.17, 15) is 8.78 Å². The minimum absolute atomic E-state index is 0.122. The highest BCUT2D eigenvalue weighted by Crippen LogP contribution is 2.36. The Bertz CT molecular complexity index is 378. The molecule has 0 radical (unpaired) electrons. The lowest BCUT2D eigenvalue weighted by Crippen LogP contribution is -2.27. The Kier molecular flexibility index (Phi) is 4.00. The van der Waals surface area contributed by atoms with Gasteiger partial charge in [-0.05, 0) is 24.9 Å². The van der Waals surface area contributed by atoms with E-state index < -0.39 is 11.8 Å². The zero-order chi connectivity index (χ0) is 13.2. The topological polar surface area (TPSA) is 12.0 Å². The van der Waals surface area contributed by atoms with E-state index in [0.717, 1.165) is 18.5 Å². The molecule has 1 saturated heterocycles. The predicted molar refractivity (Wildman–Crippen MR) is 69.8 cm³/mol. The van der Waals surface area contributed by atoms with Crippen LogP contribution in [0.1, 0.15) is 50.3 Å². The molecule has 1 aliphatic heterocycles. The number of alkyl halides is 2. The molecular weight excluding hydrogens is 232 g/mol. The van der Waals surface area contributed by atoms with Crippen molar-refractivity contribution < 1.29 is 8.78 Å². The van der Waals surface area contributed by atoms with E-state index in [2.05, 4.69) is 5.32 Å². The second-order valence-corrected chi connectivity index (χ2v) is 5.40. The predicted octanol–water partition coefficient (Wildman–Crippen LogP) is 4.25. The maximum Gasteiger partial charge on any atom is 0.275 e. The summed E-state index contributed by atoms with van der Waals surface area (Å²) in [5.41, 5.74) is 1.25. The molecule has 1 aromatic carbocycles. The molecule has 18 heavy (non-hydrogen) atoms. The van der Waals surface area contributed by atoms with Crippen LogP contribution in [0.15, 0.2) is 24.3 Å². The summed E-state index contributed by atoms with van der Waals surface area (Å²) in [5.74, 6) is -3.41. The van der Waals surface area contributed by atoms with Crippen molar-refractivity contribution >= 4 is 0 Å². The highest BCUT2D eigenvalue weighted by molar-refractivity contribution is 5.28. The molecule has 0 saturated carbocycles. The SMILES string of the molecule is CC(C)C(F)(F)c1ccc(C2CCCCN2)cc1. The maximum atomic E-state index is 13.8. The molecule has 3 heteroatoms. The van der Waals surface area contributed by atoms with E-state index in [1.54, 1.807) is 26.0 Å². The third-order valence-electron chi connectivity index (χ3n) is 3.73. The first-order chi connectivity index (χ1) is 8.51. The van der Waals surface area contributed by atoms with Crippen molar-refractivity contribution in [3.63, 3.8) is 0 Å². The average molecular weight is 253 g/mol. The summed E-state index contributed by atoms with van der Waals surface area (Å²) in [7, 11) is 0. The molecule has 1 unspecified atom stereocenters. The highest BCUT2D eigenvalue weighted by Gasteiger charge is 2.35. The molecule has 1 atom stereocenters. The van der Waals surface area contributed by atoms with Crippen molar-refractivity contribution in [3.8, 4) is 0 Å². The molecule has 100 valence electrons. The van der Waals surface area contributed by atoms with Gasteiger partial charge in [0.2, 0.25) is 0 Å². The quantitative estimate of drug-likeness (QED) is 0.849. The molecule has 1 fully saturated rings. The van der Waals surface area contributed by atoms with Gasteiger partial charge >= 0.3 is 0 Å². The molecule has 2 rings (SSSR count). The van der Waals surface area contributed by atoms with Gasteiger partial charge in [0.15, 0.2) is 0 Å². The zero-order valence-electron chi connectivity index (χ0n) is 11.0. The van der Waals surface area contributed by atoms with E-state index in [0.29, 0.717) is 6.04 Å². The Morgan fingerprint density at radius 2 is 1.83 bits per heavy atom. The van der Waals surface area contributed by atoms with E-state index >= 15 is 0 Å². The minimum atomic E-state index is -2.74. The molecule has 0 spiro atoms. The third-order valence-corrected chi connectivity index (χ3v) is 3.73. The van der Waals surface area contributed by atoms with Crippen LogP contribution in [-0.2, 0) is 5.92 Å². The first kappa shape index (κ1) is 13.5. The summed E-state index contributed by atoms with van der Waals surface area (Å²) in [6, 6.07) is 7.17. The molecule has 0 aromatic heterocycles. The molecule has 1 N–H and O–H groups in total. The van der Waals surface area contributed by atoms with E-state index in [-0.39, 0.29) is 5.56 Å². The van der Waals surface area contributed by atoms with Crippen LogP contribution >= 0.6 is 0 Å². The Labute approximate surface area is 108 Å². The molecule has 0 bridgehead atoms. The monoisotopic (exact) mass is 253 g/mol. The summed E-state index contributed by atoms with van der Waals surface area (Å²) >= 11 is 0. The van der Waals surface area contributed by atoms with E-state index in [1.165, 1.54) is 12.8 Å². The number of halogens is 2. The van der Waals surface area contributed by atoms with Crippen LogP contribution in [-0.4, -0.2) is 6.54 Å². The minimum Gasteiger partial charge on any atom is -0.310 e. The van der Waals surface area contributed by atoms with Gasteiger partial charge in [-0.15, -0.1) is 0 Å². The van der Waals surface area contributed by atoms with Crippen LogP contribution in [0, 0.1) is 5.92 Å². The number of nitrogens with one attached hydrogen (secondary N) is 1. The maximum absolute atomic E-state index is 13.8. The molecule has 1 nitrogen and oxygen atoms in total. The van der Waals surface area contributed by atoms with Gasteiger partial charge in [-0.1, -0.05) is 44.5 Å². The molecular formula is C15H21F2N. The van der Waals surface area contributed by atoms with Crippen LogP contribution in [0.25, 0.3) is 0 Å². The van der Waals surface area contributed by atoms with Crippen LogP contribution in [0.4, 0.5) is 8.78 Å². The third kappa shape index (κ3) is 2.72. The first-order valence-corrected chi connectivity index (χ1v) is 6.73. The van der Waals surface area contributed by atoms with Gasteiger partial charge in [-0.2, -0.15) is 0 Å². The number of benzene rings is 1. The summed E-state index contributed by atoms with van der Waals surface area (Å²) in [5, 5.41) is 3.43. The second-order valence-electron chi connectivity index (χ2n) is 5.40. The summed E-state index contributed by atoms with van der Waals surface area (Å²) in [6.07, 6.45) is 3.52. The molecule has 0 amide bonds. The Hall–Kier alpha value is -0.960. The summed E-state index contributed by atoms with van der Waals surface area (Å²) in [6.45, 7) is 4.13. The van der Waals surface area contributed by atoms with Crippen molar-refractivity contribution in [1.82, 2.24) is 5.32 Å². The zero-order valence-corrected chi connectivity index (χ0v) is 11.0. The van der Waals surface area contributed by atoms with Crippen LogP contribution in [0.5, 0.6) is 0 Å². The van der Waals surface area contributed by atoms with Gasteiger partial charge in [0, 0.05) is 17.5 Å². The normalized spacial score (nSPS) is 21.3. The number of rotatable bonds is 3. The number of hydrogen-bond acceptors (Lipinski definition) is 1. The highest BCUT2D eigenvalue weighted by atomic mass is 19.3. The van der Waals surface area contributed by atoms with Gasteiger partial charge in [-0.3, -0.25) is 0 Å². The van der Waals surface area contributed by atoms with Gasteiger partial charge in [0.1, 0.15) is 0 Å². The van der Waals surface area contributed by atoms with E-state index in [1.807, 2.05) is 12.1 Å². The molecule has 0 aliphatic carbocycles. The smallest absolute Gasteiger partial charge is 0.275 e. The summed E-state index contributed by atoms with van der Waals surface area (Å²) < 4.78 is 27.7. The van der Waals surface area contributed by atoms with Crippen LogP contribution in [0.2, 0.25) is 0 Å². The van der Waals surface area contributed by atoms with Gasteiger partial charge in [0.05, 0.1) is 0 Å². The molecule has 1 aliphatic rings. The number of hydrogen-bond donors (Lipinski definition) is 1. The lowest BCUT2D eigenvalue weighted by Gasteiger charge is -2.25. The van der Waals surface area contributed by atoms with Gasteiger partial charge in [-0.25, -0.2) is 8.78 Å². The lowest BCUT2D eigenvalue weighted by molar-refractivity contribution is -0.0514. The fourth-order valence-corrected chi connectivity index (χ4v) is 2.41. The van der Waals surface area contributed by atoms with Crippen molar-refractivity contribution in [2.75, 3.05) is 6.54 Å². The average Bonchev–Trinajstić information content (AvgIpc) is 2.40. The standard InChI is InChI=1S/C15H21F2N/c1-11(2)15(16,17)13-8-6-12(7-9-13)14-5-3-4-10-18-14/h6-9,11,14,18H,3-5,10H2,1-2H3. The first-order valence-electron chi connectivity index (χ1n) is 6.73. The van der Waals surface area contributed by atoms with Crippen molar-refractivity contribution in [2.24, 2.45) is 5.92 Å². The Morgan fingerprint density at radius 1 is 1.17 bits per heavy atom. The second kappa shape index (κ2) is 5.35. The Morgan fingerprint density at radius 3 is 2.33 bits per heavy atom. The Balaban J connectivity index is 2.14. The molecule has 1 heterocycles. The van der Waals surface area contributed by atoms with Crippen LogP contribution in [0.3, 0.4) is 0 Å².